The van der Waals surface area contributed by atoms with Crippen LogP contribution in [-0.2, 0) is 9.53 Å². The summed E-state index contributed by atoms with van der Waals surface area (Å²) < 4.78 is 5.25. The average Bonchev–Trinajstić information content (AvgIpc) is 2.40. The first-order valence-corrected chi connectivity index (χ1v) is 6.52. The Balaban J connectivity index is 0. The van der Waals surface area contributed by atoms with Crippen molar-refractivity contribution in [1.82, 2.24) is 15.5 Å². The number of rotatable bonds is 9. The second-order valence-corrected chi connectivity index (χ2v) is 4.10. The molecule has 0 aromatic heterocycles. The number of halogens is 1. The Morgan fingerprint density at radius 1 is 1.40 bits per heavy atom. The molecule has 20 heavy (non-hydrogen) atoms. The fourth-order valence-electron chi connectivity index (χ4n) is 1.16. The predicted octanol–water partition coefficient (Wildman–Crippen LogP) is 0.840. The summed E-state index contributed by atoms with van der Waals surface area (Å²) >= 11 is 0. The van der Waals surface area contributed by atoms with Crippen LogP contribution in [0.2, 0.25) is 0 Å². The normalized spacial score (nSPS) is 10.4. The van der Waals surface area contributed by atoms with Gasteiger partial charge in [-0.3, -0.25) is 4.79 Å². The molecule has 0 aliphatic rings. The number of ether oxygens (including phenoxy) is 1. The smallest absolute Gasteiger partial charge is 0.243 e. The standard InChI is InChI=1S/C13H26N4O2.HI/c1-5-8-14-13(15-9-7-10-19-6-2)16-11-12(18)17(3)4;/h5H,1,6-11H2,2-4H3,(H2,14,15,16);1H. The van der Waals surface area contributed by atoms with E-state index >= 15 is 0 Å². The minimum absolute atomic E-state index is 0. The zero-order valence-corrected chi connectivity index (χ0v) is 15.0. The van der Waals surface area contributed by atoms with E-state index in [9.17, 15) is 4.79 Å². The van der Waals surface area contributed by atoms with E-state index in [2.05, 4.69) is 22.2 Å². The van der Waals surface area contributed by atoms with Gasteiger partial charge in [0, 0.05) is 40.4 Å². The maximum Gasteiger partial charge on any atom is 0.243 e. The number of carbonyl (C=O) groups excluding carboxylic acids is 1. The summed E-state index contributed by atoms with van der Waals surface area (Å²) in [6.07, 6.45) is 2.63. The zero-order valence-electron chi connectivity index (χ0n) is 12.6. The largest absolute Gasteiger partial charge is 0.382 e. The predicted molar refractivity (Wildman–Crippen MR) is 93.7 cm³/mol. The van der Waals surface area contributed by atoms with Gasteiger partial charge in [-0.2, -0.15) is 0 Å². The number of guanidine groups is 1. The van der Waals surface area contributed by atoms with Gasteiger partial charge < -0.3 is 20.3 Å². The monoisotopic (exact) mass is 398 g/mol. The van der Waals surface area contributed by atoms with E-state index in [4.69, 9.17) is 4.74 Å². The first-order valence-electron chi connectivity index (χ1n) is 6.52. The van der Waals surface area contributed by atoms with Gasteiger partial charge in [-0.05, 0) is 13.3 Å². The third-order valence-electron chi connectivity index (χ3n) is 2.25. The number of nitrogens with zero attached hydrogens (tertiary/aromatic N) is 2. The molecule has 2 N–H and O–H groups in total. The number of carbonyl (C=O) groups is 1. The maximum atomic E-state index is 11.5. The van der Waals surface area contributed by atoms with Gasteiger partial charge in [0.05, 0.1) is 0 Å². The third kappa shape index (κ3) is 12.2. The first kappa shape index (κ1) is 21.5. The molecule has 0 aromatic carbocycles. The molecule has 6 nitrogen and oxygen atoms in total. The van der Waals surface area contributed by atoms with E-state index in [1.807, 2.05) is 6.92 Å². The summed E-state index contributed by atoms with van der Waals surface area (Å²) in [7, 11) is 3.43. The van der Waals surface area contributed by atoms with E-state index in [1.54, 1.807) is 20.2 Å². The Bertz CT molecular complexity index is 296. The van der Waals surface area contributed by atoms with Crippen LogP contribution in [0.3, 0.4) is 0 Å². The lowest BCUT2D eigenvalue weighted by Crippen LogP contribution is -2.39. The minimum Gasteiger partial charge on any atom is -0.382 e. The molecule has 1 amide bonds. The first-order chi connectivity index (χ1) is 9.11. The van der Waals surface area contributed by atoms with Gasteiger partial charge in [0.15, 0.2) is 5.96 Å². The molecular weight excluding hydrogens is 371 g/mol. The van der Waals surface area contributed by atoms with Crippen molar-refractivity contribution in [2.75, 3.05) is 46.9 Å². The molecule has 0 saturated carbocycles. The van der Waals surface area contributed by atoms with Crippen LogP contribution in [0.25, 0.3) is 0 Å². The second kappa shape index (κ2) is 14.6. The van der Waals surface area contributed by atoms with Gasteiger partial charge in [0.1, 0.15) is 6.54 Å². The van der Waals surface area contributed by atoms with Crippen molar-refractivity contribution in [3.05, 3.63) is 12.7 Å². The van der Waals surface area contributed by atoms with Crippen molar-refractivity contribution in [2.24, 2.45) is 4.99 Å². The number of likely N-dealkylation sites (N-methyl/N-ethyl adjacent to an activating group) is 1. The molecule has 0 aliphatic carbocycles. The van der Waals surface area contributed by atoms with Crippen LogP contribution in [0.1, 0.15) is 13.3 Å². The lowest BCUT2D eigenvalue weighted by molar-refractivity contribution is -0.127. The molecule has 0 heterocycles. The Morgan fingerprint density at radius 2 is 2.10 bits per heavy atom. The molecule has 0 aromatic rings. The Hall–Kier alpha value is -0.830. The average molecular weight is 398 g/mol. The molecule has 0 radical (unpaired) electrons. The molecule has 0 atom stereocenters. The number of hydrogen-bond donors (Lipinski definition) is 2. The Kier molecular flexibility index (Phi) is 15.6. The summed E-state index contributed by atoms with van der Waals surface area (Å²) in [5.41, 5.74) is 0. The van der Waals surface area contributed by atoms with Gasteiger partial charge in [-0.1, -0.05) is 6.08 Å². The molecular formula is C13H27IN4O2. The van der Waals surface area contributed by atoms with Crippen molar-refractivity contribution in [2.45, 2.75) is 13.3 Å². The molecule has 0 rings (SSSR count). The van der Waals surface area contributed by atoms with Gasteiger partial charge in [-0.15, -0.1) is 30.6 Å². The van der Waals surface area contributed by atoms with Crippen LogP contribution in [0.15, 0.2) is 17.6 Å². The van der Waals surface area contributed by atoms with Crippen LogP contribution >= 0.6 is 24.0 Å². The van der Waals surface area contributed by atoms with Crippen molar-refractivity contribution in [1.29, 1.82) is 0 Å². The molecule has 0 aliphatic heterocycles. The van der Waals surface area contributed by atoms with E-state index in [-0.39, 0.29) is 36.4 Å². The van der Waals surface area contributed by atoms with E-state index in [1.165, 1.54) is 4.90 Å². The summed E-state index contributed by atoms with van der Waals surface area (Å²) in [5, 5.41) is 6.21. The quantitative estimate of drug-likeness (QED) is 0.199. The summed E-state index contributed by atoms with van der Waals surface area (Å²) in [5.74, 6) is 0.584. The summed E-state index contributed by atoms with van der Waals surface area (Å²) in [6.45, 7) is 8.54. The molecule has 0 spiro atoms. The van der Waals surface area contributed by atoms with E-state index in [0.29, 0.717) is 12.5 Å². The molecule has 0 fully saturated rings. The molecule has 0 saturated heterocycles. The van der Waals surface area contributed by atoms with E-state index in [0.717, 1.165) is 26.2 Å². The number of amides is 1. The lowest BCUT2D eigenvalue weighted by atomic mass is 10.4. The van der Waals surface area contributed by atoms with Crippen LogP contribution in [0, 0.1) is 0 Å². The maximum absolute atomic E-state index is 11.5. The van der Waals surface area contributed by atoms with Gasteiger partial charge in [0.25, 0.3) is 0 Å². The highest BCUT2D eigenvalue weighted by Crippen LogP contribution is 1.84. The van der Waals surface area contributed by atoms with Crippen molar-refractivity contribution in [3.63, 3.8) is 0 Å². The second-order valence-electron chi connectivity index (χ2n) is 4.10. The fourth-order valence-corrected chi connectivity index (χ4v) is 1.16. The topological polar surface area (TPSA) is 66.0 Å². The Labute approximate surface area is 139 Å². The zero-order chi connectivity index (χ0) is 14.5. The van der Waals surface area contributed by atoms with Crippen LogP contribution in [-0.4, -0.2) is 63.7 Å². The fraction of sp³-hybridized carbons (Fsp3) is 0.692. The van der Waals surface area contributed by atoms with Gasteiger partial charge in [-0.25, -0.2) is 4.99 Å². The van der Waals surface area contributed by atoms with Crippen LogP contribution in [0.4, 0.5) is 0 Å². The number of hydrogen-bond acceptors (Lipinski definition) is 3. The Morgan fingerprint density at radius 3 is 2.65 bits per heavy atom. The van der Waals surface area contributed by atoms with Gasteiger partial charge >= 0.3 is 0 Å². The van der Waals surface area contributed by atoms with Crippen LogP contribution < -0.4 is 10.6 Å². The highest BCUT2D eigenvalue weighted by molar-refractivity contribution is 14.0. The number of aliphatic imine (C=N–C) groups is 1. The molecule has 118 valence electrons. The highest BCUT2D eigenvalue weighted by Gasteiger charge is 2.03. The third-order valence-corrected chi connectivity index (χ3v) is 2.25. The van der Waals surface area contributed by atoms with Crippen LogP contribution in [0.5, 0.6) is 0 Å². The molecule has 7 heteroatoms. The lowest BCUT2D eigenvalue weighted by Gasteiger charge is -2.12. The van der Waals surface area contributed by atoms with E-state index < -0.39 is 0 Å². The SMILES string of the molecule is C=CCNC(=NCC(=O)N(C)C)NCCCOCC.I. The highest BCUT2D eigenvalue weighted by atomic mass is 127. The summed E-state index contributed by atoms with van der Waals surface area (Å²) in [4.78, 5) is 17.2. The van der Waals surface area contributed by atoms with Crippen molar-refractivity contribution in [3.8, 4) is 0 Å². The molecule has 0 unspecified atom stereocenters. The van der Waals surface area contributed by atoms with Crippen molar-refractivity contribution < 1.29 is 9.53 Å². The summed E-state index contributed by atoms with van der Waals surface area (Å²) in [6, 6.07) is 0. The van der Waals surface area contributed by atoms with Gasteiger partial charge in [0.2, 0.25) is 5.91 Å². The molecule has 0 bridgehead atoms. The number of nitrogens with one attached hydrogen (secondary N) is 2. The minimum atomic E-state index is -0.0333. The van der Waals surface area contributed by atoms with Crippen molar-refractivity contribution >= 4 is 35.8 Å².